The maximum Gasteiger partial charge on any atom is 0.306 e. The van der Waals surface area contributed by atoms with Gasteiger partial charge in [0.1, 0.15) is 13.2 Å². The Balaban J connectivity index is 4.54. The molecule has 0 rings (SSSR count). The van der Waals surface area contributed by atoms with Gasteiger partial charge in [0.15, 0.2) is 6.10 Å². The molecule has 0 N–H and O–H groups in total. The molecule has 1 unspecified atom stereocenters. The number of hydrogen-bond donors (Lipinski definition) is 0. The molecule has 6 heteroatoms. The molecule has 1 atom stereocenters. The van der Waals surface area contributed by atoms with E-state index in [1.807, 2.05) is 60.8 Å². The zero-order valence-corrected chi connectivity index (χ0v) is 37.7. The van der Waals surface area contributed by atoms with Crippen LogP contribution in [-0.2, 0) is 28.6 Å². The normalized spacial score (nSPS) is 13.1. The van der Waals surface area contributed by atoms with E-state index in [1.165, 1.54) is 64.2 Å². The molecule has 0 spiro atoms. The molecule has 0 aromatic rings. The first-order valence-corrected chi connectivity index (χ1v) is 23.5. The summed E-state index contributed by atoms with van der Waals surface area (Å²) in [4.78, 5) is 37.8. The predicted molar refractivity (Wildman–Crippen MR) is 251 cm³/mol. The Morgan fingerprint density at radius 3 is 1.14 bits per heavy atom. The van der Waals surface area contributed by atoms with Crippen molar-refractivity contribution in [2.45, 2.75) is 194 Å². The molecular weight excluding hydrogens is 733 g/mol. The van der Waals surface area contributed by atoms with E-state index in [0.29, 0.717) is 19.3 Å². The van der Waals surface area contributed by atoms with Crippen LogP contribution in [0, 0.1) is 0 Å². The molecule has 0 aliphatic carbocycles. The van der Waals surface area contributed by atoms with Gasteiger partial charge >= 0.3 is 17.9 Å². The van der Waals surface area contributed by atoms with Gasteiger partial charge in [-0.15, -0.1) is 0 Å². The second kappa shape index (κ2) is 46.8. The highest BCUT2D eigenvalue weighted by atomic mass is 16.6. The number of esters is 3. The standard InChI is InChI=1S/C53H84O6/c1-4-7-10-13-16-19-22-25-26-29-31-34-37-40-43-46-52(55)58-49-50(59-53(56)47-44-41-38-35-32-28-24-21-18-15-12-9-6-3)48-57-51(54)45-42-39-36-33-30-27-23-20-17-14-11-8-5-2/h8-9,11-12,14-15,17-24,28,32,35,38,50H,4-7,10,13,16,25-27,29-31,33-34,36-37,39-49H2,1-3H3/b11-8+,12-9+,17-14+,18-15+,22-19+,23-20+,24-21+,32-28+,38-35+. The molecule has 0 amide bonds. The van der Waals surface area contributed by atoms with Gasteiger partial charge in [0, 0.05) is 19.3 Å². The maximum absolute atomic E-state index is 12.7. The molecule has 0 fully saturated rings. The molecule has 0 aliphatic rings. The van der Waals surface area contributed by atoms with Crippen molar-refractivity contribution in [1.82, 2.24) is 0 Å². The first kappa shape index (κ1) is 55.1. The lowest BCUT2D eigenvalue weighted by Gasteiger charge is -2.18. The van der Waals surface area contributed by atoms with E-state index in [1.54, 1.807) is 0 Å². The summed E-state index contributed by atoms with van der Waals surface area (Å²) >= 11 is 0. The fraction of sp³-hybridized carbons (Fsp3) is 0.604. The number of unbranched alkanes of at least 4 members (excludes halogenated alkanes) is 17. The number of allylic oxidation sites excluding steroid dienone is 18. The van der Waals surface area contributed by atoms with Gasteiger partial charge in [0.2, 0.25) is 0 Å². The van der Waals surface area contributed by atoms with Crippen molar-refractivity contribution in [3.63, 3.8) is 0 Å². The van der Waals surface area contributed by atoms with Gasteiger partial charge in [-0.1, -0.05) is 201 Å². The molecule has 59 heavy (non-hydrogen) atoms. The molecule has 0 saturated heterocycles. The van der Waals surface area contributed by atoms with E-state index in [4.69, 9.17) is 14.2 Å². The van der Waals surface area contributed by atoms with Crippen LogP contribution in [0.25, 0.3) is 0 Å². The second-order valence-corrected chi connectivity index (χ2v) is 15.1. The SMILES string of the molecule is CC/C=C/C=C/C=C/C=C/C=C/CCCC(=O)OC(COC(=O)CCCCCCC/C=C/C=C/C=C/CC)COC(=O)CCCCCCCCC/C=C/CCCCCC. The van der Waals surface area contributed by atoms with Crippen molar-refractivity contribution in [2.24, 2.45) is 0 Å². The Morgan fingerprint density at radius 1 is 0.356 bits per heavy atom. The number of carbonyl (C=O) groups is 3. The Labute approximate surface area is 361 Å². The summed E-state index contributed by atoms with van der Waals surface area (Å²) in [5.74, 6) is -1.03. The van der Waals surface area contributed by atoms with Crippen LogP contribution in [0.1, 0.15) is 188 Å². The van der Waals surface area contributed by atoms with Gasteiger partial charge in [-0.3, -0.25) is 14.4 Å². The van der Waals surface area contributed by atoms with Crippen molar-refractivity contribution in [1.29, 1.82) is 0 Å². The van der Waals surface area contributed by atoms with Crippen LogP contribution < -0.4 is 0 Å². The summed E-state index contributed by atoms with van der Waals surface area (Å²) in [6.07, 6.45) is 62.2. The van der Waals surface area contributed by atoms with E-state index in [9.17, 15) is 14.4 Å². The molecule has 0 radical (unpaired) electrons. The number of hydrogen-bond acceptors (Lipinski definition) is 6. The largest absolute Gasteiger partial charge is 0.462 e. The fourth-order valence-corrected chi connectivity index (χ4v) is 5.94. The van der Waals surface area contributed by atoms with Crippen LogP contribution in [-0.4, -0.2) is 37.2 Å². The highest BCUT2D eigenvalue weighted by molar-refractivity contribution is 5.71. The van der Waals surface area contributed by atoms with E-state index < -0.39 is 12.1 Å². The summed E-state index contributed by atoms with van der Waals surface area (Å²) < 4.78 is 16.6. The summed E-state index contributed by atoms with van der Waals surface area (Å²) in [6, 6.07) is 0. The van der Waals surface area contributed by atoms with Crippen LogP contribution in [0.2, 0.25) is 0 Å². The molecule has 0 heterocycles. The summed E-state index contributed by atoms with van der Waals surface area (Å²) in [5, 5.41) is 0. The van der Waals surface area contributed by atoms with Crippen LogP contribution in [0.3, 0.4) is 0 Å². The average Bonchev–Trinajstić information content (AvgIpc) is 3.23. The smallest absolute Gasteiger partial charge is 0.306 e. The topological polar surface area (TPSA) is 78.9 Å². The van der Waals surface area contributed by atoms with Crippen molar-refractivity contribution in [3.05, 3.63) is 109 Å². The lowest BCUT2D eigenvalue weighted by molar-refractivity contribution is -0.167. The van der Waals surface area contributed by atoms with Crippen molar-refractivity contribution in [3.8, 4) is 0 Å². The van der Waals surface area contributed by atoms with Gasteiger partial charge in [-0.05, 0) is 77.0 Å². The molecule has 0 bridgehead atoms. The minimum absolute atomic E-state index is 0.118. The average molecular weight is 817 g/mol. The molecule has 0 aliphatic heterocycles. The van der Waals surface area contributed by atoms with E-state index in [-0.39, 0.29) is 31.6 Å². The Hall–Kier alpha value is -3.93. The summed E-state index contributed by atoms with van der Waals surface area (Å²) in [6.45, 7) is 6.24. The van der Waals surface area contributed by atoms with Crippen LogP contribution in [0.15, 0.2) is 109 Å². The molecule has 0 aromatic carbocycles. The quantitative estimate of drug-likeness (QED) is 0.0201. The van der Waals surface area contributed by atoms with Crippen LogP contribution in [0.5, 0.6) is 0 Å². The number of carbonyl (C=O) groups excluding carboxylic acids is 3. The maximum atomic E-state index is 12.7. The zero-order valence-electron chi connectivity index (χ0n) is 37.7. The lowest BCUT2D eigenvalue weighted by atomic mass is 10.1. The van der Waals surface area contributed by atoms with Crippen LogP contribution in [0.4, 0.5) is 0 Å². The molecular formula is C53H84O6. The van der Waals surface area contributed by atoms with Gasteiger partial charge < -0.3 is 14.2 Å². The van der Waals surface area contributed by atoms with Crippen LogP contribution >= 0.6 is 0 Å². The monoisotopic (exact) mass is 817 g/mol. The summed E-state index contributed by atoms with van der Waals surface area (Å²) in [5.41, 5.74) is 0. The number of ether oxygens (including phenoxy) is 3. The second-order valence-electron chi connectivity index (χ2n) is 15.1. The molecule has 6 nitrogen and oxygen atoms in total. The third kappa shape index (κ3) is 45.0. The molecule has 0 saturated carbocycles. The van der Waals surface area contributed by atoms with E-state index >= 15 is 0 Å². The highest BCUT2D eigenvalue weighted by Gasteiger charge is 2.19. The van der Waals surface area contributed by atoms with E-state index in [2.05, 4.69) is 69.4 Å². The van der Waals surface area contributed by atoms with Crippen molar-refractivity contribution in [2.75, 3.05) is 13.2 Å². The third-order valence-corrected chi connectivity index (χ3v) is 9.43. The minimum Gasteiger partial charge on any atom is -0.462 e. The van der Waals surface area contributed by atoms with Gasteiger partial charge in [0.05, 0.1) is 0 Å². The fourth-order valence-electron chi connectivity index (χ4n) is 5.94. The Bertz CT molecular complexity index is 1260. The first-order chi connectivity index (χ1) is 29.0. The van der Waals surface area contributed by atoms with Gasteiger partial charge in [-0.25, -0.2) is 0 Å². The minimum atomic E-state index is -0.825. The number of rotatable bonds is 40. The zero-order chi connectivity index (χ0) is 43.0. The first-order valence-electron chi connectivity index (χ1n) is 23.5. The highest BCUT2D eigenvalue weighted by Crippen LogP contribution is 2.13. The lowest BCUT2D eigenvalue weighted by Crippen LogP contribution is -2.30. The van der Waals surface area contributed by atoms with Crippen molar-refractivity contribution < 1.29 is 28.6 Å². The van der Waals surface area contributed by atoms with Gasteiger partial charge in [0.25, 0.3) is 0 Å². The Kier molecular flexibility index (Phi) is 43.6. The molecule has 332 valence electrons. The summed E-state index contributed by atoms with van der Waals surface area (Å²) in [7, 11) is 0. The van der Waals surface area contributed by atoms with Crippen molar-refractivity contribution >= 4 is 17.9 Å². The third-order valence-electron chi connectivity index (χ3n) is 9.43. The molecule has 0 aromatic heterocycles. The predicted octanol–water partition coefficient (Wildman–Crippen LogP) is 15.2. The Morgan fingerprint density at radius 2 is 0.695 bits per heavy atom. The van der Waals surface area contributed by atoms with Gasteiger partial charge in [-0.2, -0.15) is 0 Å². The van der Waals surface area contributed by atoms with E-state index in [0.717, 1.165) is 77.0 Å².